The van der Waals surface area contributed by atoms with E-state index < -0.39 is 6.10 Å². The number of rotatable bonds is 4. The minimum Gasteiger partial charge on any atom is -0.388 e. The van der Waals surface area contributed by atoms with Crippen molar-refractivity contribution >= 4 is 23.2 Å². The van der Waals surface area contributed by atoms with E-state index in [1.807, 2.05) is 6.07 Å². The van der Waals surface area contributed by atoms with Crippen molar-refractivity contribution in [3.8, 4) is 0 Å². The fraction of sp³-hybridized carbons (Fsp3) is 0.538. The Morgan fingerprint density at radius 1 is 1.22 bits per heavy atom. The molecule has 0 bridgehead atoms. The first-order valence-corrected chi connectivity index (χ1v) is 6.98. The number of benzene rings is 1. The molecule has 100 valence electrons. The number of nitrogens with zero attached hydrogens (tertiary/aromatic N) is 1. The average molecular weight is 289 g/mol. The molecule has 2 N–H and O–H groups in total. The van der Waals surface area contributed by atoms with Crippen molar-refractivity contribution in [1.29, 1.82) is 0 Å². The SMILES string of the molecule is OC(CCN1CCNCC1)c1ccc(Cl)c(Cl)c1. The number of halogens is 2. The number of aliphatic hydroxyl groups excluding tert-OH is 1. The van der Waals surface area contributed by atoms with Crippen LogP contribution >= 0.6 is 23.2 Å². The van der Waals surface area contributed by atoms with Crippen molar-refractivity contribution < 1.29 is 5.11 Å². The van der Waals surface area contributed by atoms with Crippen molar-refractivity contribution in [1.82, 2.24) is 10.2 Å². The molecule has 1 atom stereocenters. The predicted octanol–water partition coefficient (Wildman–Crippen LogP) is 2.32. The maximum absolute atomic E-state index is 10.1. The minimum absolute atomic E-state index is 0.477. The molecule has 1 aliphatic rings. The molecule has 2 rings (SSSR count). The largest absolute Gasteiger partial charge is 0.388 e. The van der Waals surface area contributed by atoms with Crippen LogP contribution in [0.15, 0.2) is 18.2 Å². The van der Waals surface area contributed by atoms with E-state index in [-0.39, 0.29) is 0 Å². The zero-order valence-electron chi connectivity index (χ0n) is 10.2. The lowest BCUT2D eigenvalue weighted by molar-refractivity contribution is 0.136. The van der Waals surface area contributed by atoms with Crippen LogP contribution in [0, 0.1) is 0 Å². The van der Waals surface area contributed by atoms with Gasteiger partial charge in [-0.2, -0.15) is 0 Å². The third-order valence-electron chi connectivity index (χ3n) is 3.26. The van der Waals surface area contributed by atoms with Gasteiger partial charge in [0.25, 0.3) is 0 Å². The zero-order chi connectivity index (χ0) is 13.0. The van der Waals surface area contributed by atoms with Crippen LogP contribution in [0.25, 0.3) is 0 Å². The van der Waals surface area contributed by atoms with Crippen molar-refractivity contribution in [3.05, 3.63) is 33.8 Å². The molecule has 0 aromatic heterocycles. The number of hydrogen-bond donors (Lipinski definition) is 2. The van der Waals surface area contributed by atoms with Gasteiger partial charge in [-0.15, -0.1) is 0 Å². The molecule has 5 heteroatoms. The van der Waals surface area contributed by atoms with Gasteiger partial charge in [0.1, 0.15) is 0 Å². The highest BCUT2D eigenvalue weighted by Gasteiger charge is 2.13. The van der Waals surface area contributed by atoms with Crippen LogP contribution in [0.5, 0.6) is 0 Å². The third-order valence-corrected chi connectivity index (χ3v) is 4.00. The summed E-state index contributed by atoms with van der Waals surface area (Å²) in [6.45, 7) is 5.07. The Bertz CT molecular complexity index is 395. The third kappa shape index (κ3) is 3.84. The van der Waals surface area contributed by atoms with Crippen LogP contribution in [0.2, 0.25) is 10.0 Å². The summed E-state index contributed by atoms with van der Waals surface area (Å²) in [4.78, 5) is 2.36. The van der Waals surface area contributed by atoms with E-state index in [9.17, 15) is 5.11 Å². The van der Waals surface area contributed by atoms with Crippen molar-refractivity contribution in [3.63, 3.8) is 0 Å². The summed E-state index contributed by atoms with van der Waals surface area (Å²) in [7, 11) is 0. The predicted molar refractivity (Wildman–Crippen MR) is 75.3 cm³/mol. The lowest BCUT2D eigenvalue weighted by atomic mass is 10.1. The second-order valence-electron chi connectivity index (χ2n) is 4.57. The second-order valence-corrected chi connectivity index (χ2v) is 5.38. The fourth-order valence-corrected chi connectivity index (χ4v) is 2.43. The summed E-state index contributed by atoms with van der Waals surface area (Å²) < 4.78 is 0. The Morgan fingerprint density at radius 3 is 2.61 bits per heavy atom. The molecule has 1 aliphatic heterocycles. The van der Waals surface area contributed by atoms with Gasteiger partial charge >= 0.3 is 0 Å². The Morgan fingerprint density at radius 2 is 1.94 bits per heavy atom. The number of nitrogens with one attached hydrogen (secondary N) is 1. The summed E-state index contributed by atoms with van der Waals surface area (Å²) >= 11 is 11.8. The smallest absolute Gasteiger partial charge is 0.0802 e. The van der Waals surface area contributed by atoms with Crippen molar-refractivity contribution in [2.24, 2.45) is 0 Å². The van der Waals surface area contributed by atoms with Crippen LogP contribution in [-0.4, -0.2) is 42.7 Å². The zero-order valence-corrected chi connectivity index (χ0v) is 11.7. The van der Waals surface area contributed by atoms with E-state index in [1.165, 1.54) is 0 Å². The number of hydrogen-bond acceptors (Lipinski definition) is 3. The topological polar surface area (TPSA) is 35.5 Å². The first kappa shape index (κ1) is 14.1. The van der Waals surface area contributed by atoms with Crippen LogP contribution in [0.1, 0.15) is 18.1 Å². The molecule has 1 aromatic rings. The Balaban J connectivity index is 1.86. The van der Waals surface area contributed by atoms with Gasteiger partial charge in [-0.25, -0.2) is 0 Å². The molecule has 0 spiro atoms. The molecule has 0 radical (unpaired) electrons. The van der Waals surface area contributed by atoms with E-state index in [1.54, 1.807) is 12.1 Å². The molecule has 0 aliphatic carbocycles. The van der Waals surface area contributed by atoms with Gasteiger partial charge in [-0.1, -0.05) is 29.3 Å². The van der Waals surface area contributed by atoms with Gasteiger partial charge in [-0.3, -0.25) is 0 Å². The Hall–Kier alpha value is -0.320. The molecule has 18 heavy (non-hydrogen) atoms. The maximum atomic E-state index is 10.1. The van der Waals surface area contributed by atoms with Gasteiger partial charge in [0.2, 0.25) is 0 Å². The van der Waals surface area contributed by atoms with E-state index in [2.05, 4.69) is 10.2 Å². The average Bonchev–Trinajstić information content (AvgIpc) is 2.40. The van der Waals surface area contributed by atoms with E-state index in [4.69, 9.17) is 23.2 Å². The first-order chi connectivity index (χ1) is 8.66. The molecule has 1 heterocycles. The van der Waals surface area contributed by atoms with E-state index >= 15 is 0 Å². The molecule has 0 saturated carbocycles. The quantitative estimate of drug-likeness (QED) is 0.893. The summed E-state index contributed by atoms with van der Waals surface area (Å²) in [6, 6.07) is 5.30. The first-order valence-electron chi connectivity index (χ1n) is 6.23. The molecule has 1 fully saturated rings. The van der Waals surface area contributed by atoms with Crippen LogP contribution in [0.3, 0.4) is 0 Å². The van der Waals surface area contributed by atoms with Crippen molar-refractivity contribution in [2.45, 2.75) is 12.5 Å². The summed E-state index contributed by atoms with van der Waals surface area (Å²) in [5.41, 5.74) is 0.833. The highest BCUT2D eigenvalue weighted by Crippen LogP contribution is 2.26. The van der Waals surface area contributed by atoms with Gasteiger partial charge in [0.05, 0.1) is 16.1 Å². The normalized spacial score (nSPS) is 18.8. The fourth-order valence-electron chi connectivity index (χ4n) is 2.13. The van der Waals surface area contributed by atoms with Crippen LogP contribution in [-0.2, 0) is 0 Å². The summed E-state index contributed by atoms with van der Waals surface area (Å²) in [5.74, 6) is 0. The second kappa shape index (κ2) is 6.73. The molecule has 3 nitrogen and oxygen atoms in total. The lowest BCUT2D eigenvalue weighted by Gasteiger charge is -2.28. The van der Waals surface area contributed by atoms with E-state index in [0.29, 0.717) is 10.0 Å². The number of piperazine rings is 1. The van der Waals surface area contributed by atoms with Crippen molar-refractivity contribution in [2.75, 3.05) is 32.7 Å². The van der Waals surface area contributed by atoms with Crippen LogP contribution in [0.4, 0.5) is 0 Å². The molecule has 1 aromatic carbocycles. The van der Waals surface area contributed by atoms with E-state index in [0.717, 1.165) is 44.7 Å². The minimum atomic E-state index is -0.477. The highest BCUT2D eigenvalue weighted by atomic mass is 35.5. The summed E-state index contributed by atoms with van der Waals surface area (Å²) in [6.07, 6.45) is 0.243. The Labute approximate surface area is 118 Å². The van der Waals surface area contributed by atoms with Crippen LogP contribution < -0.4 is 5.32 Å². The van der Waals surface area contributed by atoms with Gasteiger partial charge < -0.3 is 15.3 Å². The monoisotopic (exact) mass is 288 g/mol. The molecule has 0 amide bonds. The molecule has 1 saturated heterocycles. The molecular weight excluding hydrogens is 271 g/mol. The maximum Gasteiger partial charge on any atom is 0.0802 e. The summed E-state index contributed by atoms with van der Waals surface area (Å²) in [5, 5.41) is 14.5. The lowest BCUT2D eigenvalue weighted by Crippen LogP contribution is -2.44. The standard InChI is InChI=1S/C13H18Cl2N2O/c14-11-2-1-10(9-12(11)15)13(18)3-6-17-7-4-16-5-8-17/h1-2,9,13,16,18H,3-8H2. The highest BCUT2D eigenvalue weighted by molar-refractivity contribution is 6.42. The molecule has 1 unspecified atom stereocenters. The van der Waals surface area contributed by atoms with Gasteiger partial charge in [0.15, 0.2) is 0 Å². The van der Waals surface area contributed by atoms with Gasteiger partial charge in [0, 0.05) is 32.7 Å². The molecular formula is C13H18Cl2N2O. The number of aliphatic hydroxyl groups is 1. The van der Waals surface area contributed by atoms with Gasteiger partial charge in [-0.05, 0) is 24.1 Å². The Kier molecular flexibility index (Phi) is 5.27.